The molecule has 0 aliphatic heterocycles. The summed E-state index contributed by atoms with van der Waals surface area (Å²) < 4.78 is 18.6. The van der Waals surface area contributed by atoms with Gasteiger partial charge in [-0.05, 0) is 93.3 Å². The molecule has 2 aromatic carbocycles. The first-order chi connectivity index (χ1) is 13.0. The summed E-state index contributed by atoms with van der Waals surface area (Å²) in [6.45, 7) is 4.06. The number of carbonyl (C=O) groups excluding carboxylic acids is 1. The monoisotopic (exact) mass is 369 g/mol. The van der Waals surface area contributed by atoms with Gasteiger partial charge < -0.3 is 10.1 Å². The van der Waals surface area contributed by atoms with Crippen molar-refractivity contribution in [3.8, 4) is 5.75 Å². The zero-order valence-electron chi connectivity index (χ0n) is 16.1. The molecule has 1 aliphatic carbocycles. The fourth-order valence-corrected chi connectivity index (χ4v) is 3.80. The Morgan fingerprint density at radius 1 is 1.04 bits per heavy atom. The van der Waals surface area contributed by atoms with Crippen molar-refractivity contribution in [2.24, 2.45) is 5.92 Å². The lowest BCUT2D eigenvalue weighted by atomic mass is 9.77. The van der Waals surface area contributed by atoms with Crippen LogP contribution in [-0.4, -0.2) is 12.0 Å². The average molecular weight is 369 g/mol. The number of benzene rings is 2. The van der Waals surface area contributed by atoms with E-state index in [1.54, 1.807) is 12.1 Å². The molecule has 3 rings (SSSR count). The van der Waals surface area contributed by atoms with Crippen molar-refractivity contribution in [1.82, 2.24) is 0 Å². The lowest BCUT2D eigenvalue weighted by Gasteiger charge is -2.28. The molecule has 2 aromatic rings. The highest BCUT2D eigenvalue weighted by atomic mass is 19.1. The van der Waals surface area contributed by atoms with E-state index in [0.29, 0.717) is 23.9 Å². The molecule has 4 heteroatoms. The van der Waals surface area contributed by atoms with Crippen molar-refractivity contribution >= 4 is 11.6 Å². The summed E-state index contributed by atoms with van der Waals surface area (Å²) in [4.78, 5) is 12.2. The number of anilines is 1. The van der Waals surface area contributed by atoms with Gasteiger partial charge in [0, 0.05) is 12.1 Å². The summed E-state index contributed by atoms with van der Waals surface area (Å²) in [6.07, 6.45) is 5.06. The Morgan fingerprint density at radius 3 is 2.26 bits per heavy atom. The summed E-state index contributed by atoms with van der Waals surface area (Å²) >= 11 is 0. The summed E-state index contributed by atoms with van der Waals surface area (Å²) in [5.41, 5.74) is 2.01. The fourth-order valence-electron chi connectivity index (χ4n) is 3.80. The molecule has 0 spiro atoms. The third-order valence-electron chi connectivity index (χ3n) is 5.17. The SMILES string of the molecule is CC(C)Oc1ccc([C@H]2CC[C@@H](CC(=O)Nc3ccc(F)cc3)CC2)cc1. The second-order valence-corrected chi connectivity index (χ2v) is 7.71. The highest BCUT2D eigenvalue weighted by Gasteiger charge is 2.24. The van der Waals surface area contributed by atoms with Crippen LogP contribution < -0.4 is 10.1 Å². The van der Waals surface area contributed by atoms with Crippen LogP contribution in [0.2, 0.25) is 0 Å². The summed E-state index contributed by atoms with van der Waals surface area (Å²) in [6, 6.07) is 14.4. The molecule has 1 fully saturated rings. The van der Waals surface area contributed by atoms with E-state index in [-0.39, 0.29) is 17.8 Å². The smallest absolute Gasteiger partial charge is 0.224 e. The molecule has 0 saturated heterocycles. The van der Waals surface area contributed by atoms with Crippen LogP contribution in [0.25, 0.3) is 0 Å². The van der Waals surface area contributed by atoms with E-state index in [4.69, 9.17) is 4.74 Å². The summed E-state index contributed by atoms with van der Waals surface area (Å²) in [7, 11) is 0. The Morgan fingerprint density at radius 2 is 1.67 bits per heavy atom. The zero-order chi connectivity index (χ0) is 19.2. The second kappa shape index (κ2) is 9.03. The highest BCUT2D eigenvalue weighted by Crippen LogP contribution is 2.37. The first-order valence-corrected chi connectivity index (χ1v) is 9.81. The van der Waals surface area contributed by atoms with Gasteiger partial charge in [0.25, 0.3) is 0 Å². The van der Waals surface area contributed by atoms with Crippen LogP contribution in [-0.2, 0) is 4.79 Å². The quantitative estimate of drug-likeness (QED) is 0.687. The molecule has 144 valence electrons. The van der Waals surface area contributed by atoms with Gasteiger partial charge in [0.05, 0.1) is 6.10 Å². The zero-order valence-corrected chi connectivity index (χ0v) is 16.1. The molecule has 0 atom stereocenters. The second-order valence-electron chi connectivity index (χ2n) is 7.71. The lowest BCUT2D eigenvalue weighted by molar-refractivity contribution is -0.117. The number of hydrogen-bond donors (Lipinski definition) is 1. The Kier molecular flexibility index (Phi) is 6.49. The fraction of sp³-hybridized carbons (Fsp3) is 0.435. The van der Waals surface area contributed by atoms with Gasteiger partial charge in [-0.2, -0.15) is 0 Å². The highest BCUT2D eigenvalue weighted by molar-refractivity contribution is 5.90. The third-order valence-corrected chi connectivity index (χ3v) is 5.17. The van der Waals surface area contributed by atoms with Gasteiger partial charge in [-0.15, -0.1) is 0 Å². The van der Waals surface area contributed by atoms with E-state index in [9.17, 15) is 9.18 Å². The van der Waals surface area contributed by atoms with E-state index >= 15 is 0 Å². The minimum Gasteiger partial charge on any atom is -0.491 e. The molecule has 0 aromatic heterocycles. The van der Waals surface area contributed by atoms with Gasteiger partial charge >= 0.3 is 0 Å². The molecule has 1 N–H and O–H groups in total. The largest absolute Gasteiger partial charge is 0.491 e. The number of carbonyl (C=O) groups is 1. The molecule has 0 heterocycles. The number of ether oxygens (including phenoxy) is 1. The van der Waals surface area contributed by atoms with Crippen molar-refractivity contribution in [3.63, 3.8) is 0 Å². The topological polar surface area (TPSA) is 38.3 Å². The molecule has 3 nitrogen and oxygen atoms in total. The first kappa shape index (κ1) is 19.4. The molecule has 0 unspecified atom stereocenters. The number of halogens is 1. The van der Waals surface area contributed by atoms with Gasteiger partial charge in [-0.3, -0.25) is 4.79 Å². The van der Waals surface area contributed by atoms with E-state index in [0.717, 1.165) is 31.4 Å². The van der Waals surface area contributed by atoms with Gasteiger partial charge in [-0.1, -0.05) is 12.1 Å². The van der Waals surface area contributed by atoms with E-state index in [1.807, 2.05) is 13.8 Å². The molecule has 27 heavy (non-hydrogen) atoms. The van der Waals surface area contributed by atoms with Crippen LogP contribution >= 0.6 is 0 Å². The molecule has 1 amide bonds. The van der Waals surface area contributed by atoms with Crippen molar-refractivity contribution in [2.75, 3.05) is 5.32 Å². The maximum absolute atomic E-state index is 12.9. The van der Waals surface area contributed by atoms with Crippen LogP contribution in [0, 0.1) is 11.7 Å². The van der Waals surface area contributed by atoms with E-state index in [2.05, 4.69) is 29.6 Å². The van der Waals surface area contributed by atoms with E-state index < -0.39 is 0 Å². The number of hydrogen-bond acceptors (Lipinski definition) is 2. The van der Waals surface area contributed by atoms with Crippen LogP contribution in [0.5, 0.6) is 5.75 Å². The number of amides is 1. The van der Waals surface area contributed by atoms with Gasteiger partial charge in [0.2, 0.25) is 5.91 Å². The van der Waals surface area contributed by atoms with Gasteiger partial charge in [0.15, 0.2) is 0 Å². The van der Waals surface area contributed by atoms with Crippen LogP contribution in [0.3, 0.4) is 0 Å². The van der Waals surface area contributed by atoms with Crippen molar-refractivity contribution < 1.29 is 13.9 Å². The minimum atomic E-state index is -0.296. The molecule has 1 aliphatic rings. The Bertz CT molecular complexity index is 732. The van der Waals surface area contributed by atoms with Crippen LogP contribution in [0.1, 0.15) is 57.4 Å². The standard InChI is InChI=1S/C23H28FNO2/c1-16(2)27-22-13-7-19(8-14-22)18-5-3-17(4-6-18)15-23(26)25-21-11-9-20(24)10-12-21/h7-14,16-18H,3-6,15H2,1-2H3,(H,25,26)/t17-,18+. The minimum absolute atomic E-state index is 0.0141. The maximum Gasteiger partial charge on any atom is 0.224 e. The van der Waals surface area contributed by atoms with Crippen molar-refractivity contribution in [3.05, 3.63) is 59.9 Å². The van der Waals surface area contributed by atoms with Gasteiger partial charge in [0.1, 0.15) is 11.6 Å². The predicted molar refractivity (Wildman–Crippen MR) is 107 cm³/mol. The van der Waals surface area contributed by atoms with Gasteiger partial charge in [-0.25, -0.2) is 4.39 Å². The van der Waals surface area contributed by atoms with Crippen LogP contribution in [0.4, 0.5) is 10.1 Å². The maximum atomic E-state index is 12.9. The normalized spacial score (nSPS) is 19.7. The van der Waals surface area contributed by atoms with Crippen LogP contribution in [0.15, 0.2) is 48.5 Å². The Labute approximate surface area is 160 Å². The van der Waals surface area contributed by atoms with E-state index in [1.165, 1.54) is 17.7 Å². The Balaban J connectivity index is 1.45. The molecular formula is C23H28FNO2. The molecule has 0 radical (unpaired) electrons. The lowest BCUT2D eigenvalue weighted by Crippen LogP contribution is -2.20. The summed E-state index contributed by atoms with van der Waals surface area (Å²) in [5.74, 6) is 1.62. The van der Waals surface area contributed by atoms with Crippen molar-refractivity contribution in [2.45, 2.75) is 58.0 Å². The summed E-state index contributed by atoms with van der Waals surface area (Å²) in [5, 5.41) is 2.86. The number of nitrogens with one attached hydrogen (secondary N) is 1. The Hall–Kier alpha value is -2.36. The van der Waals surface area contributed by atoms with Crippen molar-refractivity contribution in [1.29, 1.82) is 0 Å². The molecule has 1 saturated carbocycles. The molecular weight excluding hydrogens is 341 g/mol. The third kappa shape index (κ3) is 5.81. The first-order valence-electron chi connectivity index (χ1n) is 9.81. The predicted octanol–water partition coefficient (Wildman–Crippen LogP) is 5.92. The average Bonchev–Trinajstić information content (AvgIpc) is 2.64. The molecule has 0 bridgehead atoms. The number of rotatable bonds is 6.